The number of hydrogen-bond acceptors (Lipinski definition) is 4. The van der Waals surface area contributed by atoms with E-state index in [1.54, 1.807) is 11.0 Å². The highest BCUT2D eigenvalue weighted by atomic mass is 28.3. The molecular formula is C28H46N2O4Si. The topological polar surface area (TPSA) is 67.9 Å². The van der Waals surface area contributed by atoms with Crippen LogP contribution in [0.3, 0.4) is 0 Å². The summed E-state index contributed by atoms with van der Waals surface area (Å²) >= 11 is 0. The van der Waals surface area contributed by atoms with Crippen LogP contribution in [0.4, 0.5) is 9.59 Å². The standard InChI is InChI=1S/C28H46N2O4Si/c1-11-18-30(26(32)33-21-23-15-13-12-14-16-23)20-24(29-25(31)34-27(3,4)5)22(2)17-19-35(9,10)28(6,7)8/h11-17,19,22,24H,1,18,20-21H2,2-10H3,(H,29,31)/t22-,24?/m0/s1. The molecule has 6 nitrogen and oxygen atoms in total. The number of amides is 2. The van der Waals surface area contributed by atoms with Crippen molar-refractivity contribution in [1.29, 1.82) is 0 Å². The van der Waals surface area contributed by atoms with E-state index in [0.29, 0.717) is 6.54 Å². The molecule has 0 heterocycles. The van der Waals surface area contributed by atoms with E-state index in [9.17, 15) is 9.59 Å². The molecule has 1 N–H and O–H groups in total. The van der Waals surface area contributed by atoms with Crippen LogP contribution >= 0.6 is 0 Å². The van der Waals surface area contributed by atoms with Gasteiger partial charge in [-0.3, -0.25) is 0 Å². The van der Waals surface area contributed by atoms with E-state index in [-0.39, 0.29) is 30.1 Å². The second-order valence-corrected chi connectivity index (χ2v) is 17.0. The molecule has 2 amide bonds. The number of nitrogens with zero attached hydrogens (tertiary/aromatic N) is 1. The van der Waals surface area contributed by atoms with Crippen LogP contribution in [-0.2, 0) is 16.1 Å². The van der Waals surface area contributed by atoms with Crippen LogP contribution in [0.1, 0.15) is 54.0 Å². The molecule has 35 heavy (non-hydrogen) atoms. The first kappa shape index (κ1) is 30.5. The van der Waals surface area contributed by atoms with Gasteiger partial charge < -0.3 is 19.7 Å². The van der Waals surface area contributed by atoms with Crippen molar-refractivity contribution < 1.29 is 19.1 Å². The van der Waals surface area contributed by atoms with Gasteiger partial charge in [-0.1, -0.05) is 89.0 Å². The van der Waals surface area contributed by atoms with Crippen molar-refractivity contribution in [3.05, 3.63) is 60.3 Å². The zero-order valence-electron chi connectivity index (χ0n) is 23.2. The molecule has 0 spiro atoms. The van der Waals surface area contributed by atoms with Crippen molar-refractivity contribution in [3.8, 4) is 0 Å². The highest BCUT2D eigenvalue weighted by Crippen LogP contribution is 2.37. The fourth-order valence-corrected chi connectivity index (χ4v) is 4.29. The Labute approximate surface area is 213 Å². The molecule has 7 heteroatoms. The van der Waals surface area contributed by atoms with Crippen LogP contribution in [0.5, 0.6) is 0 Å². The SMILES string of the molecule is C=CCN(CC(NC(=O)OC(C)(C)C)[C@@H](C)C=C[Si](C)(C)C(C)(C)C)C(=O)OCc1ccccc1. The second kappa shape index (κ2) is 13.0. The summed E-state index contributed by atoms with van der Waals surface area (Å²) in [5.41, 5.74) is 2.62. The molecular weight excluding hydrogens is 456 g/mol. The number of nitrogens with one attached hydrogen (secondary N) is 1. The smallest absolute Gasteiger partial charge is 0.410 e. The van der Waals surface area contributed by atoms with E-state index < -0.39 is 25.9 Å². The molecule has 0 aromatic heterocycles. The van der Waals surface area contributed by atoms with E-state index in [1.807, 2.05) is 58.0 Å². The van der Waals surface area contributed by atoms with Crippen molar-refractivity contribution in [2.24, 2.45) is 5.92 Å². The zero-order chi connectivity index (χ0) is 26.9. The molecule has 1 aromatic carbocycles. The molecule has 0 aliphatic rings. The van der Waals surface area contributed by atoms with Crippen LogP contribution < -0.4 is 5.32 Å². The van der Waals surface area contributed by atoms with Gasteiger partial charge in [-0.05, 0) is 37.3 Å². The number of alkyl carbamates (subject to hydrolysis) is 1. The predicted octanol–water partition coefficient (Wildman–Crippen LogP) is 6.94. The maximum absolute atomic E-state index is 12.9. The molecule has 0 fully saturated rings. The molecule has 1 aromatic rings. The lowest BCUT2D eigenvalue weighted by molar-refractivity contribution is 0.0468. The highest BCUT2D eigenvalue weighted by molar-refractivity contribution is 6.84. The normalized spacial score (nSPS) is 14.2. The van der Waals surface area contributed by atoms with Gasteiger partial charge in [-0.15, -0.1) is 6.58 Å². The molecule has 0 aliphatic heterocycles. The minimum atomic E-state index is -1.66. The zero-order valence-corrected chi connectivity index (χ0v) is 24.2. The summed E-state index contributed by atoms with van der Waals surface area (Å²) < 4.78 is 11.1. The minimum absolute atomic E-state index is 0.0362. The summed E-state index contributed by atoms with van der Waals surface area (Å²) in [7, 11) is -1.66. The third-order valence-electron chi connectivity index (χ3n) is 6.32. The van der Waals surface area contributed by atoms with Crippen LogP contribution in [0.15, 0.2) is 54.8 Å². The average molecular weight is 503 g/mol. The minimum Gasteiger partial charge on any atom is -0.445 e. The van der Waals surface area contributed by atoms with E-state index >= 15 is 0 Å². The summed E-state index contributed by atoms with van der Waals surface area (Å²) in [4.78, 5) is 27.1. The van der Waals surface area contributed by atoms with E-state index in [2.05, 4.69) is 57.5 Å². The Balaban J connectivity index is 3.07. The van der Waals surface area contributed by atoms with Crippen molar-refractivity contribution in [2.75, 3.05) is 13.1 Å². The third kappa shape index (κ3) is 11.2. The van der Waals surface area contributed by atoms with E-state index in [4.69, 9.17) is 9.47 Å². The van der Waals surface area contributed by atoms with Gasteiger partial charge in [0, 0.05) is 13.1 Å². The number of carbonyl (C=O) groups excluding carboxylic acids is 2. The summed E-state index contributed by atoms with van der Waals surface area (Å²) in [5, 5.41) is 3.19. The summed E-state index contributed by atoms with van der Waals surface area (Å²) in [6.45, 7) is 23.5. The molecule has 0 radical (unpaired) electrons. The van der Waals surface area contributed by atoms with Crippen molar-refractivity contribution in [2.45, 2.75) is 84.8 Å². The third-order valence-corrected chi connectivity index (χ3v) is 11.2. The van der Waals surface area contributed by atoms with Crippen molar-refractivity contribution >= 4 is 20.3 Å². The Morgan fingerprint density at radius 1 is 1.11 bits per heavy atom. The van der Waals surface area contributed by atoms with Crippen LogP contribution in [0.25, 0.3) is 0 Å². The number of carbonyl (C=O) groups is 2. The van der Waals surface area contributed by atoms with Gasteiger partial charge in [0.1, 0.15) is 12.2 Å². The van der Waals surface area contributed by atoms with Crippen molar-refractivity contribution in [1.82, 2.24) is 10.2 Å². The molecule has 0 saturated carbocycles. The summed E-state index contributed by atoms with van der Waals surface area (Å²) in [6, 6.07) is 9.18. The van der Waals surface area contributed by atoms with Crippen LogP contribution in [0.2, 0.25) is 18.1 Å². The molecule has 1 unspecified atom stereocenters. The number of rotatable bonds is 10. The predicted molar refractivity (Wildman–Crippen MR) is 147 cm³/mol. The Morgan fingerprint density at radius 2 is 1.71 bits per heavy atom. The monoisotopic (exact) mass is 502 g/mol. The number of benzene rings is 1. The lowest BCUT2D eigenvalue weighted by Crippen LogP contribution is -2.50. The van der Waals surface area contributed by atoms with Gasteiger partial charge in [0.2, 0.25) is 0 Å². The van der Waals surface area contributed by atoms with Crippen molar-refractivity contribution in [3.63, 3.8) is 0 Å². The van der Waals surface area contributed by atoms with Crippen LogP contribution in [-0.4, -0.2) is 49.9 Å². The van der Waals surface area contributed by atoms with Gasteiger partial charge >= 0.3 is 12.2 Å². The molecule has 2 atom stereocenters. The first-order chi connectivity index (χ1) is 16.1. The van der Waals surface area contributed by atoms with Gasteiger partial charge in [-0.25, -0.2) is 9.59 Å². The fraction of sp³-hybridized carbons (Fsp3) is 0.571. The Hall–Kier alpha value is -2.54. The van der Waals surface area contributed by atoms with E-state index in [0.717, 1.165) is 5.56 Å². The number of hydrogen-bond donors (Lipinski definition) is 1. The number of ether oxygens (including phenoxy) is 2. The molecule has 1 rings (SSSR count). The largest absolute Gasteiger partial charge is 0.445 e. The Morgan fingerprint density at radius 3 is 2.23 bits per heavy atom. The van der Waals surface area contributed by atoms with Gasteiger partial charge in [0.25, 0.3) is 0 Å². The van der Waals surface area contributed by atoms with Gasteiger partial charge in [0.05, 0.1) is 14.1 Å². The first-order valence-electron chi connectivity index (χ1n) is 12.3. The lowest BCUT2D eigenvalue weighted by atomic mass is 10.0. The Bertz CT molecular complexity index is 854. The molecule has 0 aliphatic carbocycles. The van der Waals surface area contributed by atoms with Gasteiger partial charge in [-0.2, -0.15) is 0 Å². The molecule has 196 valence electrons. The van der Waals surface area contributed by atoms with Gasteiger partial charge in [0.15, 0.2) is 0 Å². The summed E-state index contributed by atoms with van der Waals surface area (Å²) in [5.74, 6) is -0.0362. The molecule has 0 bridgehead atoms. The highest BCUT2D eigenvalue weighted by Gasteiger charge is 2.33. The van der Waals surface area contributed by atoms with E-state index in [1.165, 1.54) is 0 Å². The van der Waals surface area contributed by atoms with Crippen LogP contribution in [0, 0.1) is 5.92 Å². The molecule has 0 saturated heterocycles. The maximum atomic E-state index is 12.9. The lowest BCUT2D eigenvalue weighted by Gasteiger charge is -2.35. The second-order valence-electron chi connectivity index (χ2n) is 11.7. The maximum Gasteiger partial charge on any atom is 0.410 e. The fourth-order valence-electron chi connectivity index (χ4n) is 3.01. The quantitative estimate of drug-likeness (QED) is 0.278. The Kier molecular flexibility index (Phi) is 11.3. The summed E-state index contributed by atoms with van der Waals surface area (Å²) in [6.07, 6.45) is 2.86. The average Bonchev–Trinajstić information content (AvgIpc) is 2.73. The first-order valence-corrected chi connectivity index (χ1v) is 15.4.